The highest BCUT2D eigenvalue weighted by atomic mass is 16.7. The normalized spacial score (nSPS) is 21.9. The van der Waals surface area contributed by atoms with Crippen LogP contribution in [0.25, 0.3) is 5.52 Å². The van der Waals surface area contributed by atoms with Crippen molar-refractivity contribution in [2.24, 2.45) is 17.3 Å². The van der Waals surface area contributed by atoms with Crippen LogP contribution in [0.3, 0.4) is 0 Å². The number of esters is 2. The SMILES string of the molecule is C[C@H](CO)[C@H](COCOC(=O)C(C)(C)C)C(=O)OC1CO[C@@](C#N)(c2ccc3c(N)ncnn23)C1. The molecule has 0 radical (unpaired) electrons. The van der Waals surface area contributed by atoms with Crippen molar-refractivity contribution >= 4 is 23.3 Å². The zero-order valence-corrected chi connectivity index (χ0v) is 20.3. The fourth-order valence-corrected chi connectivity index (χ4v) is 3.65. The molecule has 0 aliphatic carbocycles. The van der Waals surface area contributed by atoms with E-state index in [-0.39, 0.29) is 38.9 Å². The minimum absolute atomic E-state index is 0.00260. The third-order valence-electron chi connectivity index (χ3n) is 5.85. The second-order valence-electron chi connectivity index (χ2n) is 9.61. The summed E-state index contributed by atoms with van der Waals surface area (Å²) in [5.41, 5.74) is 4.79. The zero-order valence-electron chi connectivity index (χ0n) is 20.3. The Labute approximate surface area is 202 Å². The van der Waals surface area contributed by atoms with Gasteiger partial charge in [-0.3, -0.25) is 9.59 Å². The fraction of sp³-hybridized carbons (Fsp3) is 0.609. The second kappa shape index (κ2) is 10.6. The predicted octanol–water partition coefficient (Wildman–Crippen LogP) is 1.17. The number of ether oxygens (including phenoxy) is 4. The van der Waals surface area contributed by atoms with E-state index in [1.165, 1.54) is 10.8 Å². The number of aliphatic hydroxyl groups excluding tert-OH is 1. The maximum atomic E-state index is 12.9. The van der Waals surface area contributed by atoms with Gasteiger partial charge in [-0.25, -0.2) is 9.50 Å². The molecule has 1 unspecified atom stereocenters. The number of hydrogen-bond donors (Lipinski definition) is 2. The lowest BCUT2D eigenvalue weighted by Crippen LogP contribution is -2.34. The Morgan fingerprint density at radius 1 is 1.43 bits per heavy atom. The Morgan fingerprint density at radius 3 is 2.83 bits per heavy atom. The van der Waals surface area contributed by atoms with E-state index >= 15 is 0 Å². The van der Waals surface area contributed by atoms with Crippen molar-refractivity contribution in [3.05, 3.63) is 24.2 Å². The smallest absolute Gasteiger partial charge is 0.313 e. The molecule has 0 bridgehead atoms. The number of hydrogen-bond acceptors (Lipinski definition) is 11. The summed E-state index contributed by atoms with van der Waals surface area (Å²) in [6.07, 6.45) is 0.650. The quantitative estimate of drug-likeness (QED) is 0.294. The summed E-state index contributed by atoms with van der Waals surface area (Å²) in [5.74, 6) is -2.07. The van der Waals surface area contributed by atoms with E-state index in [0.717, 1.165) is 0 Å². The summed E-state index contributed by atoms with van der Waals surface area (Å²) in [6.45, 7) is 6.11. The first-order valence-corrected chi connectivity index (χ1v) is 11.2. The van der Waals surface area contributed by atoms with Gasteiger partial charge in [-0.15, -0.1) is 0 Å². The molecule has 0 saturated carbocycles. The Kier molecular flexibility index (Phi) is 7.94. The molecule has 12 heteroatoms. The van der Waals surface area contributed by atoms with Gasteiger partial charge in [0.25, 0.3) is 0 Å². The van der Waals surface area contributed by atoms with Crippen molar-refractivity contribution in [1.29, 1.82) is 5.26 Å². The van der Waals surface area contributed by atoms with Crippen LogP contribution in [0.5, 0.6) is 0 Å². The molecule has 0 aromatic carbocycles. The number of nitriles is 1. The summed E-state index contributed by atoms with van der Waals surface area (Å²) in [5, 5.41) is 23.7. The summed E-state index contributed by atoms with van der Waals surface area (Å²) < 4.78 is 23.4. The van der Waals surface area contributed by atoms with Gasteiger partial charge in [-0.2, -0.15) is 10.4 Å². The van der Waals surface area contributed by atoms with Gasteiger partial charge in [0.15, 0.2) is 18.2 Å². The van der Waals surface area contributed by atoms with Crippen LogP contribution in [-0.2, 0) is 34.1 Å². The lowest BCUT2D eigenvalue weighted by molar-refractivity contribution is -0.171. The number of nitrogens with two attached hydrogens (primary N) is 1. The maximum Gasteiger partial charge on any atom is 0.313 e. The zero-order chi connectivity index (χ0) is 25.8. The molecule has 0 amide bonds. The minimum Gasteiger partial charge on any atom is -0.459 e. The third kappa shape index (κ3) is 5.70. The number of nitrogen functional groups attached to an aromatic ring is 1. The first-order valence-electron chi connectivity index (χ1n) is 11.2. The number of rotatable bonds is 9. The van der Waals surface area contributed by atoms with Crippen LogP contribution < -0.4 is 5.73 Å². The van der Waals surface area contributed by atoms with Crippen LogP contribution in [0.15, 0.2) is 18.5 Å². The molecule has 12 nitrogen and oxygen atoms in total. The number of aromatic nitrogens is 3. The summed E-state index contributed by atoms with van der Waals surface area (Å²) >= 11 is 0. The largest absolute Gasteiger partial charge is 0.459 e. The van der Waals surface area contributed by atoms with Gasteiger partial charge in [0.05, 0.1) is 30.2 Å². The molecular formula is C23H31N5O7. The molecule has 1 saturated heterocycles. The predicted molar refractivity (Wildman–Crippen MR) is 121 cm³/mol. The van der Waals surface area contributed by atoms with E-state index in [2.05, 4.69) is 16.2 Å². The fourth-order valence-electron chi connectivity index (χ4n) is 3.65. The highest BCUT2D eigenvalue weighted by molar-refractivity contribution is 5.75. The second-order valence-corrected chi connectivity index (χ2v) is 9.61. The van der Waals surface area contributed by atoms with Crippen LogP contribution in [-0.4, -0.2) is 64.4 Å². The molecule has 3 N–H and O–H groups in total. The lowest BCUT2D eigenvalue weighted by Gasteiger charge is -2.23. The summed E-state index contributed by atoms with van der Waals surface area (Å²) in [7, 11) is 0. The standard InChI is InChI=1S/C23H31N5O7/c1-14(8-29)16(10-32-13-33-21(31)22(2,3)4)20(30)35-15-7-23(11-24,34-9-15)18-6-5-17-19(25)26-12-27-28(17)18/h5-6,12,14-16,29H,7-10,13H2,1-4H3,(H2,25,26,27)/t14-,15?,16+,23+/m1/s1. The number of carbonyl (C=O) groups is 2. The van der Waals surface area contributed by atoms with Crippen LogP contribution >= 0.6 is 0 Å². The molecule has 2 aromatic heterocycles. The molecule has 3 rings (SSSR count). The molecule has 35 heavy (non-hydrogen) atoms. The van der Waals surface area contributed by atoms with E-state index < -0.39 is 40.9 Å². The number of aliphatic hydroxyl groups is 1. The van der Waals surface area contributed by atoms with E-state index in [4.69, 9.17) is 24.7 Å². The lowest BCUT2D eigenvalue weighted by atomic mass is 9.95. The molecular weight excluding hydrogens is 458 g/mol. The Bertz CT molecular complexity index is 1110. The number of carbonyl (C=O) groups excluding carboxylic acids is 2. The van der Waals surface area contributed by atoms with Crippen molar-refractivity contribution < 1.29 is 33.6 Å². The van der Waals surface area contributed by atoms with Crippen LogP contribution in [0, 0.1) is 28.6 Å². The molecule has 4 atom stereocenters. The molecule has 2 aromatic rings. The van der Waals surface area contributed by atoms with Gasteiger partial charge in [0, 0.05) is 13.0 Å². The van der Waals surface area contributed by atoms with E-state index in [9.17, 15) is 20.0 Å². The van der Waals surface area contributed by atoms with Crippen LogP contribution in [0.4, 0.5) is 5.82 Å². The van der Waals surface area contributed by atoms with E-state index in [1.54, 1.807) is 39.8 Å². The topological polar surface area (TPSA) is 171 Å². The van der Waals surface area contributed by atoms with E-state index in [0.29, 0.717) is 11.2 Å². The monoisotopic (exact) mass is 489 g/mol. The van der Waals surface area contributed by atoms with Crippen molar-refractivity contribution in [2.75, 3.05) is 32.3 Å². The Morgan fingerprint density at radius 2 is 2.17 bits per heavy atom. The Hall–Kier alpha value is -3.27. The van der Waals surface area contributed by atoms with Gasteiger partial charge >= 0.3 is 11.9 Å². The highest BCUT2D eigenvalue weighted by Gasteiger charge is 2.47. The Balaban J connectivity index is 1.64. The van der Waals surface area contributed by atoms with Crippen molar-refractivity contribution in [2.45, 2.75) is 45.8 Å². The van der Waals surface area contributed by atoms with Gasteiger partial charge < -0.3 is 29.8 Å². The first kappa shape index (κ1) is 26.3. The van der Waals surface area contributed by atoms with Gasteiger partial charge in [0.2, 0.25) is 0 Å². The number of fused-ring (bicyclic) bond motifs is 1. The molecule has 1 aliphatic heterocycles. The summed E-state index contributed by atoms with van der Waals surface area (Å²) in [4.78, 5) is 28.7. The maximum absolute atomic E-state index is 12.9. The molecule has 190 valence electrons. The van der Waals surface area contributed by atoms with Crippen molar-refractivity contribution in [3.63, 3.8) is 0 Å². The third-order valence-corrected chi connectivity index (χ3v) is 5.85. The van der Waals surface area contributed by atoms with E-state index in [1.807, 2.05) is 0 Å². The molecule has 1 fully saturated rings. The van der Waals surface area contributed by atoms with Crippen LogP contribution in [0.2, 0.25) is 0 Å². The van der Waals surface area contributed by atoms with Crippen molar-refractivity contribution in [1.82, 2.24) is 14.6 Å². The van der Waals surface area contributed by atoms with Crippen molar-refractivity contribution in [3.8, 4) is 6.07 Å². The van der Waals surface area contributed by atoms with Crippen LogP contribution in [0.1, 0.15) is 39.8 Å². The molecule has 1 aliphatic rings. The minimum atomic E-state index is -1.39. The highest BCUT2D eigenvalue weighted by Crippen LogP contribution is 2.38. The molecule has 3 heterocycles. The molecule has 0 spiro atoms. The van der Waals surface area contributed by atoms with Gasteiger partial charge in [0.1, 0.15) is 24.0 Å². The summed E-state index contributed by atoms with van der Waals surface area (Å²) in [6, 6.07) is 5.54. The number of nitrogens with zero attached hydrogens (tertiary/aromatic N) is 4. The number of anilines is 1. The average Bonchev–Trinajstić information content (AvgIpc) is 3.43. The van der Waals surface area contributed by atoms with Gasteiger partial charge in [-0.05, 0) is 38.8 Å². The van der Waals surface area contributed by atoms with Gasteiger partial charge in [-0.1, -0.05) is 6.92 Å². The first-order chi connectivity index (χ1) is 16.5. The average molecular weight is 490 g/mol.